The molecular formula is C25H28N2O5. The highest BCUT2D eigenvalue weighted by Gasteiger charge is 2.18. The van der Waals surface area contributed by atoms with Crippen molar-refractivity contribution in [1.82, 2.24) is 9.97 Å². The van der Waals surface area contributed by atoms with E-state index in [4.69, 9.17) is 14.2 Å². The van der Waals surface area contributed by atoms with Crippen molar-refractivity contribution in [2.75, 3.05) is 13.2 Å². The number of aromatic nitrogens is 2. The van der Waals surface area contributed by atoms with Gasteiger partial charge in [0, 0.05) is 24.4 Å². The normalized spacial score (nSPS) is 12.7. The van der Waals surface area contributed by atoms with E-state index in [0.717, 1.165) is 23.1 Å². The second-order valence-electron chi connectivity index (χ2n) is 7.43. The van der Waals surface area contributed by atoms with Crippen LogP contribution < -0.4 is 10.3 Å². The number of hydrogen-bond acceptors (Lipinski definition) is 6. The van der Waals surface area contributed by atoms with Gasteiger partial charge in [0.1, 0.15) is 24.3 Å². The lowest BCUT2D eigenvalue weighted by molar-refractivity contribution is -0.162. The van der Waals surface area contributed by atoms with Crippen LogP contribution in [0.2, 0.25) is 0 Å². The minimum atomic E-state index is -0.616. The Morgan fingerprint density at radius 1 is 1.06 bits per heavy atom. The van der Waals surface area contributed by atoms with Crippen molar-refractivity contribution in [2.24, 2.45) is 0 Å². The van der Waals surface area contributed by atoms with Crippen LogP contribution in [0.5, 0.6) is 5.75 Å². The van der Waals surface area contributed by atoms with Gasteiger partial charge in [-0.2, -0.15) is 0 Å². The molecular weight excluding hydrogens is 408 g/mol. The summed E-state index contributed by atoms with van der Waals surface area (Å²) in [5.41, 5.74) is 2.40. The number of carbonyl (C=O) groups excluding carboxylic acids is 1. The minimum Gasteiger partial charge on any atom is -0.490 e. The summed E-state index contributed by atoms with van der Waals surface area (Å²) in [5, 5.41) is 0. The molecule has 0 saturated heterocycles. The van der Waals surface area contributed by atoms with Crippen molar-refractivity contribution in [3.05, 3.63) is 71.1 Å². The molecule has 7 nitrogen and oxygen atoms in total. The Kier molecular flexibility index (Phi) is 8.16. The van der Waals surface area contributed by atoms with Crippen LogP contribution in [-0.4, -0.2) is 41.4 Å². The van der Waals surface area contributed by atoms with Crippen LogP contribution in [-0.2, 0) is 14.3 Å². The number of ether oxygens (including phenoxy) is 3. The smallest absolute Gasteiger partial charge is 0.335 e. The highest BCUT2D eigenvalue weighted by Crippen LogP contribution is 2.33. The van der Waals surface area contributed by atoms with Gasteiger partial charge in [-0.05, 0) is 49.6 Å². The van der Waals surface area contributed by atoms with E-state index >= 15 is 0 Å². The van der Waals surface area contributed by atoms with Crippen molar-refractivity contribution in [3.8, 4) is 28.3 Å². The molecule has 0 aliphatic heterocycles. The second-order valence-corrected chi connectivity index (χ2v) is 7.43. The number of carbonyl (C=O) groups is 1. The fourth-order valence-electron chi connectivity index (χ4n) is 3.09. The molecule has 1 heterocycles. The zero-order chi connectivity index (χ0) is 22.9. The maximum atomic E-state index is 12.1. The maximum absolute atomic E-state index is 12.1. The van der Waals surface area contributed by atoms with Gasteiger partial charge in [-0.25, -0.2) is 9.78 Å². The Hall–Kier alpha value is -3.45. The lowest BCUT2D eigenvalue weighted by atomic mass is 9.99. The molecule has 2 atom stereocenters. The SMILES string of the molecule is CCCOC(C)C(=O)OC(C)COc1ccc(-c2ccccc2)c(-c2nccc(=O)[nH]2)c1. The van der Waals surface area contributed by atoms with E-state index < -0.39 is 18.2 Å². The molecule has 2 aromatic carbocycles. The number of hydrogen-bond donors (Lipinski definition) is 1. The highest BCUT2D eigenvalue weighted by atomic mass is 16.6. The molecule has 0 amide bonds. The summed E-state index contributed by atoms with van der Waals surface area (Å²) in [5.74, 6) is 0.605. The fraction of sp³-hybridized carbons (Fsp3) is 0.320. The van der Waals surface area contributed by atoms with Gasteiger partial charge in [0.15, 0.2) is 6.10 Å². The van der Waals surface area contributed by atoms with Crippen molar-refractivity contribution in [3.63, 3.8) is 0 Å². The molecule has 0 spiro atoms. The van der Waals surface area contributed by atoms with Crippen molar-refractivity contribution >= 4 is 5.97 Å². The van der Waals surface area contributed by atoms with E-state index in [1.54, 1.807) is 13.8 Å². The number of nitrogens with one attached hydrogen (secondary N) is 1. The zero-order valence-electron chi connectivity index (χ0n) is 18.5. The summed E-state index contributed by atoms with van der Waals surface area (Å²) in [6.07, 6.45) is 1.23. The third kappa shape index (κ3) is 6.28. The molecule has 3 rings (SSSR count). The molecule has 168 valence electrons. The van der Waals surface area contributed by atoms with Crippen LogP contribution in [0, 0.1) is 0 Å². The Morgan fingerprint density at radius 2 is 1.84 bits per heavy atom. The average Bonchev–Trinajstić information content (AvgIpc) is 2.81. The first-order chi connectivity index (χ1) is 15.5. The zero-order valence-corrected chi connectivity index (χ0v) is 18.5. The lowest BCUT2D eigenvalue weighted by Crippen LogP contribution is -2.30. The number of nitrogens with zero attached hydrogens (tertiary/aromatic N) is 1. The van der Waals surface area contributed by atoms with Crippen LogP contribution >= 0.6 is 0 Å². The molecule has 0 aliphatic rings. The van der Waals surface area contributed by atoms with E-state index in [1.807, 2.05) is 55.5 Å². The summed E-state index contributed by atoms with van der Waals surface area (Å²) in [4.78, 5) is 31.0. The first-order valence-corrected chi connectivity index (χ1v) is 10.7. The number of rotatable bonds is 10. The molecule has 7 heteroatoms. The Labute approximate surface area is 187 Å². The topological polar surface area (TPSA) is 90.5 Å². The third-order valence-electron chi connectivity index (χ3n) is 4.71. The number of esters is 1. The van der Waals surface area contributed by atoms with Crippen molar-refractivity contribution in [2.45, 2.75) is 39.4 Å². The van der Waals surface area contributed by atoms with Crippen molar-refractivity contribution < 1.29 is 19.0 Å². The molecule has 1 N–H and O–H groups in total. The summed E-state index contributed by atoms with van der Waals surface area (Å²) in [7, 11) is 0. The van der Waals surface area contributed by atoms with Crippen molar-refractivity contribution in [1.29, 1.82) is 0 Å². The van der Waals surface area contributed by atoms with Gasteiger partial charge in [-0.1, -0.05) is 37.3 Å². The first kappa shape index (κ1) is 23.2. The van der Waals surface area contributed by atoms with E-state index in [1.165, 1.54) is 12.3 Å². The summed E-state index contributed by atoms with van der Waals surface area (Å²) in [6.45, 7) is 6.10. The standard InChI is InChI=1S/C25H28N2O5/c1-4-14-30-18(3)25(29)32-17(2)16-31-20-10-11-21(19-8-6-5-7-9-19)22(15-20)24-26-13-12-23(28)27-24/h5-13,15,17-18H,4,14,16H2,1-3H3,(H,26,27,28). The van der Waals surface area contributed by atoms with E-state index in [2.05, 4.69) is 9.97 Å². The molecule has 0 saturated carbocycles. The molecule has 0 radical (unpaired) electrons. The molecule has 0 bridgehead atoms. The number of H-pyrrole nitrogens is 1. The maximum Gasteiger partial charge on any atom is 0.335 e. The predicted molar refractivity (Wildman–Crippen MR) is 122 cm³/mol. The van der Waals surface area contributed by atoms with E-state index in [-0.39, 0.29) is 12.2 Å². The molecule has 0 fully saturated rings. The molecule has 2 unspecified atom stereocenters. The Bertz CT molecular complexity index is 1080. The second kappa shape index (κ2) is 11.2. The average molecular weight is 437 g/mol. The summed E-state index contributed by atoms with van der Waals surface area (Å²) in [6, 6.07) is 16.8. The van der Waals surface area contributed by atoms with Crippen LogP contribution in [0.3, 0.4) is 0 Å². The quantitative estimate of drug-likeness (QED) is 0.478. The predicted octanol–water partition coefficient (Wildman–Crippen LogP) is 4.23. The number of benzene rings is 2. The molecule has 32 heavy (non-hydrogen) atoms. The molecule has 1 aromatic heterocycles. The monoisotopic (exact) mass is 436 g/mol. The third-order valence-corrected chi connectivity index (χ3v) is 4.71. The van der Waals surface area contributed by atoms with E-state index in [9.17, 15) is 9.59 Å². The van der Waals surface area contributed by atoms with Crippen LogP contribution in [0.15, 0.2) is 65.6 Å². The Morgan fingerprint density at radius 3 is 2.56 bits per heavy atom. The fourth-order valence-corrected chi connectivity index (χ4v) is 3.09. The van der Waals surface area contributed by atoms with Gasteiger partial charge >= 0.3 is 5.97 Å². The molecule has 3 aromatic rings. The Balaban J connectivity index is 1.76. The van der Waals surface area contributed by atoms with Gasteiger partial charge < -0.3 is 19.2 Å². The first-order valence-electron chi connectivity index (χ1n) is 10.7. The van der Waals surface area contributed by atoms with Gasteiger partial charge in [-0.3, -0.25) is 4.79 Å². The van der Waals surface area contributed by atoms with Crippen LogP contribution in [0.4, 0.5) is 0 Å². The summed E-state index contributed by atoms with van der Waals surface area (Å²) >= 11 is 0. The highest BCUT2D eigenvalue weighted by molar-refractivity contribution is 5.81. The minimum absolute atomic E-state index is 0.176. The van der Waals surface area contributed by atoms with Gasteiger partial charge in [0.2, 0.25) is 0 Å². The number of aromatic amines is 1. The van der Waals surface area contributed by atoms with E-state index in [0.29, 0.717) is 18.2 Å². The largest absolute Gasteiger partial charge is 0.490 e. The van der Waals surface area contributed by atoms with Gasteiger partial charge in [0.05, 0.1) is 0 Å². The summed E-state index contributed by atoms with van der Waals surface area (Å²) < 4.78 is 16.7. The van der Waals surface area contributed by atoms with Gasteiger partial charge in [0.25, 0.3) is 5.56 Å². The lowest BCUT2D eigenvalue weighted by Gasteiger charge is -2.18. The van der Waals surface area contributed by atoms with Gasteiger partial charge in [-0.15, -0.1) is 0 Å². The van der Waals surface area contributed by atoms with Crippen LogP contribution in [0.1, 0.15) is 27.2 Å². The molecule has 0 aliphatic carbocycles. The van der Waals surface area contributed by atoms with Crippen LogP contribution in [0.25, 0.3) is 22.5 Å².